The van der Waals surface area contributed by atoms with Crippen LogP contribution in [-0.4, -0.2) is 17.6 Å². The van der Waals surface area contributed by atoms with Gasteiger partial charge in [-0.15, -0.1) is 0 Å². The molecule has 2 N–H and O–H groups in total. The first-order chi connectivity index (χ1) is 7.14. The monoisotopic (exact) mass is 206 g/mol. The Labute approximate surface area is 90.7 Å². The predicted molar refractivity (Wildman–Crippen MR) is 60.0 cm³/mol. The highest BCUT2D eigenvalue weighted by atomic mass is 16.5. The van der Waals surface area contributed by atoms with Crippen molar-refractivity contribution in [2.75, 3.05) is 7.11 Å². The summed E-state index contributed by atoms with van der Waals surface area (Å²) < 4.78 is 5.36. The molecule has 3 nitrogen and oxygen atoms in total. The fraction of sp³-hybridized carbons (Fsp3) is 0.583. The molecule has 15 heavy (non-hydrogen) atoms. The summed E-state index contributed by atoms with van der Waals surface area (Å²) in [5.41, 5.74) is 8.36. The van der Waals surface area contributed by atoms with E-state index in [0.29, 0.717) is 0 Å². The van der Waals surface area contributed by atoms with E-state index in [0.717, 1.165) is 24.3 Å². The van der Waals surface area contributed by atoms with E-state index in [1.165, 1.54) is 18.4 Å². The molecule has 1 aliphatic carbocycles. The van der Waals surface area contributed by atoms with Crippen LogP contribution in [-0.2, 0) is 6.42 Å². The van der Waals surface area contributed by atoms with Gasteiger partial charge in [-0.2, -0.15) is 0 Å². The van der Waals surface area contributed by atoms with Crippen LogP contribution < -0.4 is 10.5 Å². The summed E-state index contributed by atoms with van der Waals surface area (Å²) in [6, 6.07) is 2.03. The minimum absolute atomic E-state index is 0.113. The zero-order chi connectivity index (χ0) is 10.9. The van der Waals surface area contributed by atoms with Gasteiger partial charge in [-0.25, -0.2) is 0 Å². The highest BCUT2D eigenvalue weighted by Gasteiger charge is 2.37. The molecule has 0 unspecified atom stereocenters. The number of pyridine rings is 1. The third kappa shape index (κ3) is 2.29. The molecule has 0 saturated heterocycles. The van der Waals surface area contributed by atoms with Crippen LogP contribution in [0.4, 0.5) is 0 Å². The second-order valence-corrected chi connectivity index (χ2v) is 4.45. The Morgan fingerprint density at radius 3 is 2.87 bits per heavy atom. The van der Waals surface area contributed by atoms with Crippen LogP contribution in [0.25, 0.3) is 0 Å². The summed E-state index contributed by atoms with van der Waals surface area (Å²) in [5.74, 6) is 0.918. The number of nitrogens with zero attached hydrogens (tertiary/aromatic N) is 1. The molecule has 1 heterocycles. The third-order valence-corrected chi connectivity index (χ3v) is 3.15. The Hall–Kier alpha value is -1.09. The fourth-order valence-electron chi connectivity index (χ4n) is 1.88. The fourth-order valence-corrected chi connectivity index (χ4v) is 1.88. The average Bonchev–Trinajstić information content (AvgIpc) is 2.94. The summed E-state index contributed by atoms with van der Waals surface area (Å²) in [5, 5.41) is 0. The standard InChI is InChI=1S/C12H18N2O/c1-9-11(15-2)10(4-8-14-9)3-5-12(13)6-7-12/h4,8H,3,5-7,13H2,1-2H3. The molecule has 1 aromatic rings. The Kier molecular flexibility index (Phi) is 2.65. The van der Waals surface area contributed by atoms with E-state index in [4.69, 9.17) is 10.5 Å². The lowest BCUT2D eigenvalue weighted by atomic mass is 10.0. The number of nitrogens with two attached hydrogens (primary N) is 1. The van der Waals surface area contributed by atoms with E-state index >= 15 is 0 Å². The van der Waals surface area contributed by atoms with Crippen LogP contribution in [0.5, 0.6) is 5.75 Å². The summed E-state index contributed by atoms with van der Waals surface area (Å²) >= 11 is 0. The predicted octanol–water partition coefficient (Wildman–Crippen LogP) is 1.82. The second kappa shape index (κ2) is 3.81. The topological polar surface area (TPSA) is 48.1 Å². The summed E-state index contributed by atoms with van der Waals surface area (Å²) in [6.07, 6.45) is 6.21. The molecule has 1 saturated carbocycles. The second-order valence-electron chi connectivity index (χ2n) is 4.45. The number of hydrogen-bond acceptors (Lipinski definition) is 3. The molecule has 0 bridgehead atoms. The molecule has 0 aromatic carbocycles. The first-order valence-electron chi connectivity index (χ1n) is 5.42. The van der Waals surface area contributed by atoms with Crippen molar-refractivity contribution < 1.29 is 4.74 Å². The van der Waals surface area contributed by atoms with Crippen LogP contribution in [0, 0.1) is 6.92 Å². The molecule has 2 rings (SSSR count). The van der Waals surface area contributed by atoms with Crippen molar-refractivity contribution in [2.24, 2.45) is 5.73 Å². The molecule has 0 atom stereocenters. The van der Waals surface area contributed by atoms with Gasteiger partial charge in [0.2, 0.25) is 0 Å². The zero-order valence-electron chi connectivity index (χ0n) is 9.42. The Morgan fingerprint density at radius 2 is 2.27 bits per heavy atom. The van der Waals surface area contributed by atoms with Gasteiger partial charge in [0.05, 0.1) is 12.8 Å². The summed E-state index contributed by atoms with van der Waals surface area (Å²) in [6.45, 7) is 1.97. The van der Waals surface area contributed by atoms with Gasteiger partial charge in [0.1, 0.15) is 5.75 Å². The number of hydrogen-bond donors (Lipinski definition) is 1. The number of methoxy groups -OCH3 is 1. The molecule has 0 amide bonds. The average molecular weight is 206 g/mol. The van der Waals surface area contributed by atoms with E-state index in [-0.39, 0.29) is 5.54 Å². The van der Waals surface area contributed by atoms with Crippen molar-refractivity contribution in [3.63, 3.8) is 0 Å². The molecule has 1 aliphatic rings. The SMILES string of the molecule is COc1c(CCC2(N)CC2)ccnc1C. The van der Waals surface area contributed by atoms with Crippen molar-refractivity contribution in [2.45, 2.75) is 38.1 Å². The van der Waals surface area contributed by atoms with Crippen LogP contribution >= 0.6 is 0 Å². The quantitative estimate of drug-likeness (QED) is 0.817. The molecule has 0 aliphatic heterocycles. The maximum absolute atomic E-state index is 6.07. The van der Waals surface area contributed by atoms with Crippen LogP contribution in [0.1, 0.15) is 30.5 Å². The lowest BCUT2D eigenvalue weighted by Crippen LogP contribution is -2.22. The van der Waals surface area contributed by atoms with E-state index in [2.05, 4.69) is 4.98 Å². The van der Waals surface area contributed by atoms with Crippen LogP contribution in [0.15, 0.2) is 12.3 Å². The molecule has 1 fully saturated rings. The highest BCUT2D eigenvalue weighted by molar-refractivity contribution is 5.36. The maximum Gasteiger partial charge on any atom is 0.143 e. The van der Waals surface area contributed by atoms with Crippen LogP contribution in [0.2, 0.25) is 0 Å². The van der Waals surface area contributed by atoms with Crippen LogP contribution in [0.3, 0.4) is 0 Å². The lowest BCUT2D eigenvalue weighted by Gasteiger charge is -2.12. The van der Waals surface area contributed by atoms with E-state index < -0.39 is 0 Å². The number of rotatable bonds is 4. The third-order valence-electron chi connectivity index (χ3n) is 3.15. The van der Waals surface area contributed by atoms with Crippen molar-refractivity contribution >= 4 is 0 Å². The van der Waals surface area contributed by atoms with E-state index in [1.54, 1.807) is 7.11 Å². The maximum atomic E-state index is 6.07. The molecular formula is C12H18N2O. The van der Waals surface area contributed by atoms with Gasteiger partial charge in [-0.05, 0) is 44.2 Å². The summed E-state index contributed by atoms with van der Waals surface area (Å²) in [4.78, 5) is 4.21. The van der Waals surface area contributed by atoms with Crippen molar-refractivity contribution in [3.8, 4) is 5.75 Å². The normalized spacial score (nSPS) is 17.5. The van der Waals surface area contributed by atoms with Crippen molar-refractivity contribution in [3.05, 3.63) is 23.5 Å². The smallest absolute Gasteiger partial charge is 0.143 e. The molecule has 1 aromatic heterocycles. The molecule has 0 radical (unpaired) electrons. The Bertz CT molecular complexity index is 359. The van der Waals surface area contributed by atoms with Crippen molar-refractivity contribution in [1.82, 2.24) is 4.98 Å². The first-order valence-corrected chi connectivity index (χ1v) is 5.42. The Morgan fingerprint density at radius 1 is 1.53 bits per heavy atom. The lowest BCUT2D eigenvalue weighted by molar-refractivity contribution is 0.402. The van der Waals surface area contributed by atoms with Gasteiger partial charge in [0.15, 0.2) is 0 Å². The number of ether oxygens (including phenoxy) is 1. The zero-order valence-corrected chi connectivity index (χ0v) is 9.42. The van der Waals surface area contributed by atoms with Gasteiger partial charge < -0.3 is 10.5 Å². The first kappa shape index (κ1) is 10.4. The number of aromatic nitrogens is 1. The van der Waals surface area contributed by atoms with E-state index in [1.807, 2.05) is 19.2 Å². The van der Waals surface area contributed by atoms with E-state index in [9.17, 15) is 0 Å². The molecular weight excluding hydrogens is 188 g/mol. The largest absolute Gasteiger partial charge is 0.495 e. The molecule has 82 valence electrons. The minimum Gasteiger partial charge on any atom is -0.495 e. The minimum atomic E-state index is 0.113. The highest BCUT2D eigenvalue weighted by Crippen LogP contribution is 2.37. The van der Waals surface area contributed by atoms with Gasteiger partial charge in [-0.3, -0.25) is 4.98 Å². The van der Waals surface area contributed by atoms with Gasteiger partial charge in [0, 0.05) is 11.7 Å². The van der Waals surface area contributed by atoms with Crippen molar-refractivity contribution in [1.29, 1.82) is 0 Å². The number of aryl methyl sites for hydroxylation is 2. The molecule has 0 spiro atoms. The Balaban J connectivity index is 2.09. The molecule has 3 heteroatoms. The van der Waals surface area contributed by atoms with Gasteiger partial charge >= 0.3 is 0 Å². The summed E-state index contributed by atoms with van der Waals surface area (Å²) in [7, 11) is 1.70. The van der Waals surface area contributed by atoms with Gasteiger partial charge in [-0.1, -0.05) is 0 Å². The van der Waals surface area contributed by atoms with Gasteiger partial charge in [0.25, 0.3) is 0 Å².